The number of hydrogen-bond donors (Lipinski definition) is 0. The van der Waals surface area contributed by atoms with Crippen molar-refractivity contribution in [2.75, 3.05) is 13.2 Å². The van der Waals surface area contributed by atoms with E-state index in [1.54, 1.807) is 0 Å². The SMILES string of the molecule is [Tb][CH2]CCCOCCC[CH2][Tb]. The molecule has 0 heterocycles. The second-order valence-corrected chi connectivity index (χ2v) is 4.50. The van der Waals surface area contributed by atoms with E-state index < -0.39 is 0 Å². The third-order valence-corrected chi connectivity index (χ3v) is 2.83. The van der Waals surface area contributed by atoms with Crippen molar-refractivity contribution in [2.24, 2.45) is 0 Å². The van der Waals surface area contributed by atoms with Crippen molar-refractivity contribution in [3.05, 3.63) is 0 Å². The molecular weight excluding hydrogens is 430 g/mol. The molecule has 0 rings (SSSR count). The average Bonchev–Trinajstić information content (AvgIpc) is 2.03. The van der Waals surface area contributed by atoms with E-state index in [-0.39, 0.29) is 0 Å². The van der Waals surface area contributed by atoms with Crippen LogP contribution in [0.5, 0.6) is 0 Å². The van der Waals surface area contributed by atoms with Gasteiger partial charge in [0.1, 0.15) is 0 Å². The summed E-state index contributed by atoms with van der Waals surface area (Å²) < 4.78 is 8.02. The molecule has 0 spiro atoms. The quantitative estimate of drug-likeness (QED) is 0.521. The van der Waals surface area contributed by atoms with Gasteiger partial charge in [-0.3, -0.25) is 0 Å². The van der Waals surface area contributed by atoms with E-state index in [2.05, 4.69) is 73.3 Å². The molecule has 0 saturated carbocycles. The van der Waals surface area contributed by atoms with Gasteiger partial charge in [0, 0.05) is 0 Å². The van der Waals surface area contributed by atoms with Crippen molar-refractivity contribution in [3.8, 4) is 0 Å². The van der Waals surface area contributed by atoms with Crippen molar-refractivity contribution in [1.82, 2.24) is 0 Å². The van der Waals surface area contributed by atoms with Gasteiger partial charge in [0.05, 0.1) is 0 Å². The zero-order valence-corrected chi connectivity index (χ0v) is 11.0. The van der Waals surface area contributed by atoms with Crippen molar-refractivity contribution >= 4 is 0 Å². The minimum atomic E-state index is 0.970. The summed E-state index contributed by atoms with van der Waals surface area (Å²) in [6.45, 7) is 1.94. The molecule has 0 amide bonds. The molecule has 0 aromatic rings. The molecule has 0 radical (unpaired) electrons. The zero-order chi connectivity index (χ0) is 8.36. The molecule has 1 nitrogen and oxygen atoms in total. The molecule has 0 N–H and O–H groups in total. The maximum absolute atomic E-state index is 5.44. The van der Waals surface area contributed by atoms with Crippen LogP contribution in [0.1, 0.15) is 25.7 Å². The topological polar surface area (TPSA) is 9.23 Å². The zero-order valence-electron chi connectivity index (χ0n) is 6.73. The molecule has 72 valence electrons. The van der Waals surface area contributed by atoms with Crippen LogP contribution in [0.4, 0.5) is 0 Å². The Morgan fingerprint density at radius 3 is 1.55 bits per heavy atom. The minimum absolute atomic E-state index is 0.970. The van der Waals surface area contributed by atoms with E-state index >= 15 is 0 Å². The van der Waals surface area contributed by atoms with E-state index in [0.717, 1.165) is 13.2 Å². The summed E-state index contributed by atoms with van der Waals surface area (Å²) in [6, 6.07) is 0. The van der Waals surface area contributed by atoms with E-state index in [9.17, 15) is 0 Å². The van der Waals surface area contributed by atoms with Crippen LogP contribution in [-0.4, -0.2) is 13.2 Å². The van der Waals surface area contributed by atoms with Crippen LogP contribution in [0, 0.1) is 73.3 Å². The maximum atomic E-state index is 5.44. The van der Waals surface area contributed by atoms with Gasteiger partial charge in [0.15, 0.2) is 0 Å². The van der Waals surface area contributed by atoms with Gasteiger partial charge in [-0.25, -0.2) is 0 Å². The fourth-order valence-electron chi connectivity index (χ4n) is 0.677. The molecule has 0 aromatic heterocycles. The molecule has 0 bridgehead atoms. The second kappa shape index (κ2) is 12.5. The Kier molecular flexibility index (Phi) is 15.4. The number of hydrogen-bond acceptors (Lipinski definition) is 1. The average molecular weight is 446 g/mol. The van der Waals surface area contributed by atoms with Gasteiger partial charge < -0.3 is 0 Å². The Balaban J connectivity index is 2.69. The van der Waals surface area contributed by atoms with Gasteiger partial charge in [0.25, 0.3) is 0 Å². The summed E-state index contributed by atoms with van der Waals surface area (Å²) in [5, 5.41) is 0. The van der Waals surface area contributed by atoms with E-state index in [1.807, 2.05) is 0 Å². The summed E-state index contributed by atoms with van der Waals surface area (Å²) in [4.78, 5) is 0. The molecule has 0 aromatic carbocycles. The normalized spacial score (nSPS) is 10.5. The predicted octanol–water partition coefficient (Wildman–Crippen LogP) is 2.50. The first-order valence-electron chi connectivity index (χ1n) is 4.05. The van der Waals surface area contributed by atoms with Gasteiger partial charge in [-0.05, 0) is 0 Å². The van der Waals surface area contributed by atoms with Crippen LogP contribution in [0.25, 0.3) is 0 Å². The van der Waals surface area contributed by atoms with Crippen LogP contribution in [0.3, 0.4) is 0 Å². The number of ether oxygens (including phenoxy) is 1. The fraction of sp³-hybridized carbons (Fsp3) is 1.00. The van der Waals surface area contributed by atoms with Crippen LogP contribution in [-0.2, 0) is 4.74 Å². The van der Waals surface area contributed by atoms with E-state index in [0.29, 0.717) is 0 Å². The fourth-order valence-corrected chi connectivity index (χ4v) is 1.75. The Morgan fingerprint density at radius 1 is 0.727 bits per heavy atom. The predicted molar refractivity (Wildman–Crippen MR) is 38.9 cm³/mol. The van der Waals surface area contributed by atoms with Crippen LogP contribution in [0.2, 0.25) is 4.78 Å². The number of unbranched alkanes of at least 4 members (excludes halogenated alkanes) is 2. The van der Waals surface area contributed by atoms with Crippen LogP contribution in [0.15, 0.2) is 0 Å². The summed E-state index contributed by atoms with van der Waals surface area (Å²) in [5.74, 6) is 0. The van der Waals surface area contributed by atoms with Crippen LogP contribution >= 0.6 is 0 Å². The molecule has 11 heavy (non-hydrogen) atoms. The molecule has 0 saturated heterocycles. The van der Waals surface area contributed by atoms with E-state index in [1.165, 1.54) is 30.5 Å². The molecule has 0 fully saturated rings. The summed E-state index contributed by atoms with van der Waals surface area (Å²) in [7, 11) is 0. The first kappa shape index (κ1) is 13.5. The Labute approximate surface area is 119 Å². The van der Waals surface area contributed by atoms with Gasteiger partial charge in [-0.2, -0.15) is 0 Å². The first-order chi connectivity index (χ1) is 5.41. The van der Waals surface area contributed by atoms with Crippen molar-refractivity contribution < 1.29 is 78.0 Å². The van der Waals surface area contributed by atoms with Gasteiger partial charge in [0.2, 0.25) is 0 Å². The summed E-state index contributed by atoms with van der Waals surface area (Å²) >= 11 is 4.44. The molecule has 0 aliphatic rings. The van der Waals surface area contributed by atoms with E-state index in [4.69, 9.17) is 4.74 Å². The van der Waals surface area contributed by atoms with Gasteiger partial charge >= 0.3 is 122 Å². The molecule has 3 heteroatoms. The van der Waals surface area contributed by atoms with Crippen LogP contribution < -0.4 is 0 Å². The summed E-state index contributed by atoms with van der Waals surface area (Å²) in [5.41, 5.74) is 0. The van der Waals surface area contributed by atoms with Crippen molar-refractivity contribution in [1.29, 1.82) is 0 Å². The van der Waals surface area contributed by atoms with Gasteiger partial charge in [-0.1, -0.05) is 0 Å². The molecule has 0 unspecified atom stereocenters. The van der Waals surface area contributed by atoms with Crippen molar-refractivity contribution in [3.63, 3.8) is 0 Å². The van der Waals surface area contributed by atoms with Crippen molar-refractivity contribution in [2.45, 2.75) is 30.5 Å². The Bertz CT molecular complexity index is 61.1. The number of rotatable bonds is 8. The standard InChI is InChI=1S/C8H16O.2Tb/c1-3-5-7-9-8-6-4-2;;/h1-8H2;;. The summed E-state index contributed by atoms with van der Waals surface area (Å²) in [6.07, 6.45) is 5.10. The molecule has 0 atom stereocenters. The molecule has 0 aliphatic carbocycles. The Hall–Kier alpha value is 2.53. The monoisotopic (exact) mass is 446 g/mol. The first-order valence-corrected chi connectivity index (χ1v) is 7.07. The molecule has 0 aliphatic heterocycles. The Morgan fingerprint density at radius 2 is 1.18 bits per heavy atom. The molecular formula is C8H16OTb2. The second-order valence-electron chi connectivity index (χ2n) is 2.36. The van der Waals surface area contributed by atoms with Gasteiger partial charge in [-0.15, -0.1) is 0 Å². The third-order valence-electron chi connectivity index (χ3n) is 1.31. The third kappa shape index (κ3) is 12.5.